The first kappa shape index (κ1) is 20.6. The first-order valence-electron chi connectivity index (χ1n) is 9.62. The van der Waals surface area contributed by atoms with Gasteiger partial charge in [-0.25, -0.2) is 0 Å². The second-order valence-electron chi connectivity index (χ2n) is 7.14. The van der Waals surface area contributed by atoms with Crippen LogP contribution in [0.15, 0.2) is 53.1 Å². The van der Waals surface area contributed by atoms with Crippen molar-refractivity contribution in [3.63, 3.8) is 0 Å². The molecule has 0 aliphatic rings. The number of nitrogens with one attached hydrogen (secondary N) is 2. The summed E-state index contributed by atoms with van der Waals surface area (Å²) in [6.45, 7) is 7.15. The van der Waals surface area contributed by atoms with E-state index in [1.165, 1.54) is 11.1 Å². The second kappa shape index (κ2) is 9.39. The molecular weight excluding hydrogens is 366 g/mol. The molecule has 0 spiro atoms. The van der Waals surface area contributed by atoms with Crippen LogP contribution in [0.1, 0.15) is 44.5 Å². The topological polar surface area (TPSA) is 76.4 Å². The Bertz CT molecular complexity index is 967. The quantitative estimate of drug-likeness (QED) is 0.608. The van der Waals surface area contributed by atoms with Crippen molar-refractivity contribution < 1.29 is 14.1 Å². The van der Waals surface area contributed by atoms with Gasteiger partial charge in [-0.2, -0.15) is 0 Å². The summed E-state index contributed by atoms with van der Waals surface area (Å²) in [5.41, 5.74) is 4.78. The first-order valence-corrected chi connectivity index (χ1v) is 9.62. The van der Waals surface area contributed by atoms with Crippen LogP contribution in [0.4, 0.5) is 0 Å². The average Bonchev–Trinajstić information content (AvgIpc) is 3.16. The molecule has 0 aliphatic heterocycles. The van der Waals surface area contributed by atoms with Gasteiger partial charge in [-0.3, -0.25) is 4.79 Å². The third-order valence-corrected chi connectivity index (χ3v) is 4.89. The molecule has 2 N–H and O–H groups in total. The van der Waals surface area contributed by atoms with E-state index in [2.05, 4.69) is 34.8 Å². The van der Waals surface area contributed by atoms with Gasteiger partial charge in [-0.05, 0) is 49.1 Å². The van der Waals surface area contributed by atoms with Crippen molar-refractivity contribution in [1.29, 1.82) is 0 Å². The van der Waals surface area contributed by atoms with E-state index in [1.807, 2.05) is 37.3 Å². The molecule has 1 amide bonds. The Morgan fingerprint density at radius 2 is 1.86 bits per heavy atom. The second-order valence-corrected chi connectivity index (χ2v) is 7.14. The summed E-state index contributed by atoms with van der Waals surface area (Å²) in [6.07, 6.45) is 0. The van der Waals surface area contributed by atoms with E-state index in [4.69, 9.17) is 9.26 Å². The molecule has 0 saturated carbocycles. The Kier molecular flexibility index (Phi) is 6.67. The van der Waals surface area contributed by atoms with Crippen molar-refractivity contribution in [3.8, 4) is 5.75 Å². The highest BCUT2D eigenvalue weighted by Crippen LogP contribution is 2.22. The zero-order chi connectivity index (χ0) is 20.8. The summed E-state index contributed by atoms with van der Waals surface area (Å²) in [5, 5.41) is 10.3. The van der Waals surface area contributed by atoms with Crippen LogP contribution >= 0.6 is 0 Å². The lowest BCUT2D eigenvalue weighted by atomic mass is 10.0. The molecule has 0 aliphatic carbocycles. The molecule has 2 aromatic carbocycles. The minimum atomic E-state index is -0.256. The van der Waals surface area contributed by atoms with Crippen molar-refractivity contribution in [3.05, 3.63) is 82.2 Å². The summed E-state index contributed by atoms with van der Waals surface area (Å²) in [5.74, 6) is 1.24. The van der Waals surface area contributed by atoms with E-state index >= 15 is 0 Å². The fraction of sp³-hybridized carbons (Fsp3) is 0.304. The SMILES string of the molecule is COc1cc(C)c(CNC[C@@H](NC(=O)c2cc(C)on2)c2ccccc2)cc1C. The summed E-state index contributed by atoms with van der Waals surface area (Å²) in [4.78, 5) is 12.6. The lowest BCUT2D eigenvalue weighted by Crippen LogP contribution is -2.35. The molecule has 0 bridgehead atoms. The van der Waals surface area contributed by atoms with Gasteiger partial charge in [0, 0.05) is 19.2 Å². The molecule has 3 aromatic rings. The van der Waals surface area contributed by atoms with E-state index in [9.17, 15) is 4.79 Å². The van der Waals surface area contributed by atoms with Gasteiger partial charge in [0.25, 0.3) is 5.91 Å². The highest BCUT2D eigenvalue weighted by atomic mass is 16.5. The van der Waals surface area contributed by atoms with Crippen molar-refractivity contribution >= 4 is 5.91 Å². The molecule has 6 nitrogen and oxygen atoms in total. The largest absolute Gasteiger partial charge is 0.496 e. The molecule has 1 aromatic heterocycles. The number of methoxy groups -OCH3 is 1. The summed E-state index contributed by atoms with van der Waals surface area (Å²) < 4.78 is 10.4. The Balaban J connectivity index is 1.69. The summed E-state index contributed by atoms with van der Waals surface area (Å²) >= 11 is 0. The predicted octanol–water partition coefficient (Wildman–Crippen LogP) is 3.87. The molecule has 0 radical (unpaired) electrons. The molecule has 29 heavy (non-hydrogen) atoms. The average molecular weight is 393 g/mol. The standard InChI is InChI=1S/C23H27N3O3/c1-15-11-22(28-4)16(2)10-19(15)13-24-14-21(18-8-6-5-7-9-18)25-23(27)20-12-17(3)29-26-20/h5-12,21,24H,13-14H2,1-4H3,(H,25,27)/t21-/m1/s1. The molecule has 1 atom stereocenters. The maximum Gasteiger partial charge on any atom is 0.274 e. The van der Waals surface area contributed by atoms with Gasteiger partial charge in [0.1, 0.15) is 11.5 Å². The normalized spacial score (nSPS) is 11.9. The fourth-order valence-electron chi connectivity index (χ4n) is 3.25. The van der Waals surface area contributed by atoms with Crippen LogP contribution in [0.2, 0.25) is 0 Å². The highest BCUT2D eigenvalue weighted by Gasteiger charge is 2.18. The van der Waals surface area contributed by atoms with E-state index < -0.39 is 0 Å². The molecule has 0 unspecified atom stereocenters. The molecule has 1 heterocycles. The minimum absolute atomic E-state index is 0.194. The number of hydrogen-bond acceptors (Lipinski definition) is 5. The maximum atomic E-state index is 12.6. The van der Waals surface area contributed by atoms with Crippen molar-refractivity contribution in [2.75, 3.05) is 13.7 Å². The summed E-state index contributed by atoms with van der Waals surface area (Å²) in [6, 6.07) is 15.5. The Labute approximate surface area is 171 Å². The third-order valence-electron chi connectivity index (χ3n) is 4.89. The van der Waals surface area contributed by atoms with Crippen molar-refractivity contribution in [2.24, 2.45) is 0 Å². The van der Waals surface area contributed by atoms with Crippen LogP contribution in [0, 0.1) is 20.8 Å². The van der Waals surface area contributed by atoms with Crippen LogP contribution in [0.25, 0.3) is 0 Å². The van der Waals surface area contributed by atoms with Crippen LogP contribution in [-0.2, 0) is 6.54 Å². The molecule has 3 rings (SSSR count). The number of carbonyl (C=O) groups is 1. The molecule has 6 heteroatoms. The van der Waals surface area contributed by atoms with E-state index in [0.29, 0.717) is 18.8 Å². The maximum absolute atomic E-state index is 12.6. The Morgan fingerprint density at radius 1 is 1.10 bits per heavy atom. The number of ether oxygens (including phenoxy) is 1. The number of amides is 1. The van der Waals surface area contributed by atoms with Gasteiger partial charge < -0.3 is 19.9 Å². The van der Waals surface area contributed by atoms with Crippen LogP contribution in [-0.4, -0.2) is 24.7 Å². The van der Waals surface area contributed by atoms with Crippen molar-refractivity contribution in [1.82, 2.24) is 15.8 Å². The number of nitrogens with zero attached hydrogens (tertiary/aromatic N) is 1. The van der Waals surface area contributed by atoms with Gasteiger partial charge in [-0.1, -0.05) is 41.6 Å². The number of rotatable bonds is 8. The number of carbonyl (C=O) groups excluding carboxylic acids is 1. The third kappa shape index (κ3) is 5.23. The van der Waals surface area contributed by atoms with E-state index in [1.54, 1.807) is 20.1 Å². The summed E-state index contributed by atoms with van der Waals surface area (Å²) in [7, 11) is 1.68. The van der Waals surface area contributed by atoms with Crippen LogP contribution < -0.4 is 15.4 Å². The molecular formula is C23H27N3O3. The van der Waals surface area contributed by atoms with Gasteiger partial charge in [0.15, 0.2) is 5.69 Å². The van der Waals surface area contributed by atoms with Gasteiger partial charge in [0.2, 0.25) is 0 Å². The lowest BCUT2D eigenvalue weighted by Gasteiger charge is -2.20. The molecule has 0 fully saturated rings. The zero-order valence-electron chi connectivity index (χ0n) is 17.3. The van der Waals surface area contributed by atoms with Gasteiger partial charge in [-0.15, -0.1) is 0 Å². The number of hydrogen-bond donors (Lipinski definition) is 2. The number of aryl methyl sites for hydroxylation is 3. The molecule has 152 valence electrons. The first-order chi connectivity index (χ1) is 14.0. The van der Waals surface area contributed by atoms with E-state index in [0.717, 1.165) is 16.9 Å². The minimum Gasteiger partial charge on any atom is -0.496 e. The zero-order valence-corrected chi connectivity index (χ0v) is 17.3. The van der Waals surface area contributed by atoms with Gasteiger partial charge in [0.05, 0.1) is 13.2 Å². The highest BCUT2D eigenvalue weighted by molar-refractivity contribution is 5.92. The Morgan fingerprint density at radius 3 is 2.52 bits per heavy atom. The monoisotopic (exact) mass is 393 g/mol. The van der Waals surface area contributed by atoms with Crippen LogP contribution in [0.3, 0.4) is 0 Å². The fourth-order valence-corrected chi connectivity index (χ4v) is 3.25. The van der Waals surface area contributed by atoms with Crippen molar-refractivity contribution in [2.45, 2.75) is 33.4 Å². The smallest absolute Gasteiger partial charge is 0.274 e. The Hall–Kier alpha value is -3.12. The van der Waals surface area contributed by atoms with Gasteiger partial charge >= 0.3 is 0 Å². The van der Waals surface area contributed by atoms with E-state index in [-0.39, 0.29) is 17.6 Å². The predicted molar refractivity (Wildman–Crippen MR) is 112 cm³/mol. The molecule has 0 saturated heterocycles. The number of benzene rings is 2. The lowest BCUT2D eigenvalue weighted by molar-refractivity contribution is 0.0927. The number of aromatic nitrogens is 1. The van der Waals surface area contributed by atoms with Crippen LogP contribution in [0.5, 0.6) is 5.75 Å².